The first-order valence-corrected chi connectivity index (χ1v) is 5.49. The van der Waals surface area contributed by atoms with Crippen LogP contribution in [0.2, 0.25) is 0 Å². The van der Waals surface area contributed by atoms with Crippen LogP contribution in [0.25, 0.3) is 0 Å². The predicted octanol–water partition coefficient (Wildman–Crippen LogP) is 2.77. The van der Waals surface area contributed by atoms with Crippen molar-refractivity contribution in [3.8, 4) is 6.07 Å². The molecule has 3 nitrogen and oxygen atoms in total. The summed E-state index contributed by atoms with van der Waals surface area (Å²) >= 11 is 0. The number of rotatable bonds is 5. The molecular weight excluding hydrogens is 219 g/mol. The van der Waals surface area contributed by atoms with Gasteiger partial charge in [-0.15, -0.1) is 0 Å². The lowest BCUT2D eigenvalue weighted by Crippen LogP contribution is -2.33. The van der Waals surface area contributed by atoms with E-state index < -0.39 is 5.82 Å². The molecule has 0 aliphatic carbocycles. The lowest BCUT2D eigenvalue weighted by molar-refractivity contribution is 0.112. The smallest absolute Gasteiger partial charge is 0.152 e. The van der Waals surface area contributed by atoms with Crippen molar-refractivity contribution >= 4 is 12.0 Å². The highest BCUT2D eigenvalue weighted by atomic mass is 19.1. The summed E-state index contributed by atoms with van der Waals surface area (Å²) in [6, 6.07) is 6.46. The summed E-state index contributed by atoms with van der Waals surface area (Å²) in [5.74, 6) is -0.429. The highest BCUT2D eigenvalue weighted by Crippen LogP contribution is 2.25. The summed E-state index contributed by atoms with van der Waals surface area (Å²) < 4.78 is 13.8. The largest absolute Gasteiger partial charge is 0.365 e. The minimum Gasteiger partial charge on any atom is -0.365 e. The van der Waals surface area contributed by atoms with Gasteiger partial charge in [-0.05, 0) is 26.0 Å². The Kier molecular flexibility index (Phi) is 4.65. The van der Waals surface area contributed by atoms with Gasteiger partial charge in [0.2, 0.25) is 0 Å². The number of para-hydroxylation sites is 1. The first kappa shape index (κ1) is 13.2. The van der Waals surface area contributed by atoms with Gasteiger partial charge in [0.15, 0.2) is 6.29 Å². The number of halogens is 1. The third kappa shape index (κ3) is 3.04. The molecule has 0 saturated carbocycles. The molecule has 0 aromatic heterocycles. The maximum Gasteiger partial charge on any atom is 0.152 e. The molecule has 0 spiro atoms. The Labute approximate surface area is 100 Å². The number of nitriles is 1. The van der Waals surface area contributed by atoms with Crippen molar-refractivity contribution < 1.29 is 9.18 Å². The molecule has 0 atom stereocenters. The molecule has 0 heterocycles. The van der Waals surface area contributed by atoms with E-state index in [0.29, 0.717) is 24.8 Å². The Morgan fingerprint density at radius 1 is 1.53 bits per heavy atom. The van der Waals surface area contributed by atoms with Crippen molar-refractivity contribution in [1.29, 1.82) is 5.26 Å². The van der Waals surface area contributed by atoms with Crippen LogP contribution in [-0.2, 0) is 0 Å². The molecule has 4 heteroatoms. The Hall–Kier alpha value is -1.89. The van der Waals surface area contributed by atoms with E-state index in [4.69, 9.17) is 5.26 Å². The fourth-order valence-corrected chi connectivity index (χ4v) is 1.73. The molecule has 0 radical (unpaired) electrons. The lowest BCUT2D eigenvalue weighted by Gasteiger charge is -2.29. The first-order valence-electron chi connectivity index (χ1n) is 5.49. The maximum absolute atomic E-state index is 13.8. The second-order valence-corrected chi connectivity index (χ2v) is 3.99. The molecule has 90 valence electrons. The second-order valence-electron chi connectivity index (χ2n) is 3.99. The van der Waals surface area contributed by atoms with Gasteiger partial charge in [0.05, 0.1) is 18.2 Å². The monoisotopic (exact) mass is 234 g/mol. The van der Waals surface area contributed by atoms with Gasteiger partial charge in [-0.2, -0.15) is 5.26 Å². The Morgan fingerprint density at radius 2 is 2.24 bits per heavy atom. The van der Waals surface area contributed by atoms with E-state index in [1.807, 2.05) is 19.9 Å². The molecule has 0 N–H and O–H groups in total. The van der Waals surface area contributed by atoms with Gasteiger partial charge in [-0.3, -0.25) is 4.79 Å². The van der Waals surface area contributed by atoms with E-state index in [1.54, 1.807) is 11.0 Å². The number of benzene rings is 1. The van der Waals surface area contributed by atoms with Crippen molar-refractivity contribution in [3.63, 3.8) is 0 Å². The van der Waals surface area contributed by atoms with Gasteiger partial charge >= 0.3 is 0 Å². The standard InChI is InChI=1S/C13H15FN2O/c1-10(2)16(8-4-7-15)13-11(9-17)5-3-6-12(13)14/h3,5-6,9-10H,4,8H2,1-2H3. The van der Waals surface area contributed by atoms with Crippen LogP contribution in [0.1, 0.15) is 30.6 Å². The van der Waals surface area contributed by atoms with Crippen LogP contribution in [0.5, 0.6) is 0 Å². The zero-order chi connectivity index (χ0) is 12.8. The number of hydrogen-bond donors (Lipinski definition) is 0. The Morgan fingerprint density at radius 3 is 2.76 bits per heavy atom. The summed E-state index contributed by atoms with van der Waals surface area (Å²) in [6.45, 7) is 4.22. The highest BCUT2D eigenvalue weighted by molar-refractivity contribution is 5.85. The fourth-order valence-electron chi connectivity index (χ4n) is 1.73. The van der Waals surface area contributed by atoms with Crippen molar-refractivity contribution in [2.75, 3.05) is 11.4 Å². The van der Waals surface area contributed by atoms with Crippen LogP contribution in [0.15, 0.2) is 18.2 Å². The topological polar surface area (TPSA) is 44.1 Å². The van der Waals surface area contributed by atoms with Crippen LogP contribution < -0.4 is 4.90 Å². The summed E-state index contributed by atoms with van der Waals surface area (Å²) in [5, 5.41) is 8.60. The van der Waals surface area contributed by atoms with Crippen LogP contribution in [0, 0.1) is 17.1 Å². The van der Waals surface area contributed by atoms with E-state index in [1.165, 1.54) is 12.1 Å². The zero-order valence-electron chi connectivity index (χ0n) is 9.98. The van der Waals surface area contributed by atoms with Crippen LogP contribution in [0.4, 0.5) is 10.1 Å². The Balaban J connectivity index is 3.17. The molecule has 0 aliphatic heterocycles. The van der Waals surface area contributed by atoms with E-state index in [9.17, 15) is 9.18 Å². The van der Waals surface area contributed by atoms with Gasteiger partial charge in [-0.1, -0.05) is 6.07 Å². The highest BCUT2D eigenvalue weighted by Gasteiger charge is 2.18. The van der Waals surface area contributed by atoms with E-state index >= 15 is 0 Å². The summed E-state index contributed by atoms with van der Waals surface area (Å²) in [5.41, 5.74) is 0.601. The van der Waals surface area contributed by atoms with Gasteiger partial charge in [-0.25, -0.2) is 4.39 Å². The third-order valence-electron chi connectivity index (χ3n) is 2.52. The Bertz CT molecular complexity index is 438. The maximum atomic E-state index is 13.8. The predicted molar refractivity (Wildman–Crippen MR) is 64.5 cm³/mol. The van der Waals surface area contributed by atoms with Gasteiger partial charge in [0, 0.05) is 18.2 Å². The molecule has 1 aromatic rings. The number of aldehydes is 1. The van der Waals surface area contributed by atoms with E-state index in [-0.39, 0.29) is 11.7 Å². The number of carbonyl (C=O) groups excluding carboxylic acids is 1. The average Bonchev–Trinajstić information content (AvgIpc) is 2.30. The summed E-state index contributed by atoms with van der Waals surface area (Å²) in [4.78, 5) is 12.7. The molecule has 1 aromatic carbocycles. The van der Waals surface area contributed by atoms with Crippen molar-refractivity contribution in [3.05, 3.63) is 29.6 Å². The zero-order valence-corrected chi connectivity index (χ0v) is 9.98. The minimum atomic E-state index is -0.429. The molecule has 17 heavy (non-hydrogen) atoms. The normalized spacial score (nSPS) is 10.1. The number of nitrogens with zero attached hydrogens (tertiary/aromatic N) is 2. The number of anilines is 1. The van der Waals surface area contributed by atoms with Crippen molar-refractivity contribution in [2.24, 2.45) is 0 Å². The summed E-state index contributed by atoms with van der Waals surface area (Å²) in [6.07, 6.45) is 0.935. The van der Waals surface area contributed by atoms with E-state index in [2.05, 4.69) is 0 Å². The second kappa shape index (κ2) is 6.00. The molecule has 0 saturated heterocycles. The van der Waals surface area contributed by atoms with Gasteiger partial charge in [0.25, 0.3) is 0 Å². The number of carbonyl (C=O) groups is 1. The molecule has 0 amide bonds. The average molecular weight is 234 g/mol. The van der Waals surface area contributed by atoms with Gasteiger partial charge < -0.3 is 4.90 Å². The molecule has 0 fully saturated rings. The van der Waals surface area contributed by atoms with Gasteiger partial charge in [0.1, 0.15) is 5.82 Å². The van der Waals surface area contributed by atoms with Crippen LogP contribution in [-0.4, -0.2) is 18.9 Å². The van der Waals surface area contributed by atoms with Crippen LogP contribution >= 0.6 is 0 Å². The molecular formula is C13H15FN2O. The lowest BCUT2D eigenvalue weighted by atomic mass is 10.1. The van der Waals surface area contributed by atoms with Crippen LogP contribution in [0.3, 0.4) is 0 Å². The summed E-state index contributed by atoms with van der Waals surface area (Å²) in [7, 11) is 0. The molecule has 0 bridgehead atoms. The fraction of sp³-hybridized carbons (Fsp3) is 0.385. The third-order valence-corrected chi connectivity index (χ3v) is 2.52. The first-order chi connectivity index (χ1) is 8.11. The van der Waals surface area contributed by atoms with Crippen molar-refractivity contribution in [1.82, 2.24) is 0 Å². The van der Waals surface area contributed by atoms with Crippen molar-refractivity contribution in [2.45, 2.75) is 26.3 Å². The molecule has 0 unspecified atom stereocenters. The quantitative estimate of drug-likeness (QED) is 0.736. The van der Waals surface area contributed by atoms with E-state index in [0.717, 1.165) is 0 Å². The number of hydrogen-bond acceptors (Lipinski definition) is 3. The molecule has 1 rings (SSSR count). The SMILES string of the molecule is CC(C)N(CCC#N)c1c(F)cccc1C=O. The molecule has 0 aliphatic rings. The minimum absolute atomic E-state index is 0.0268.